The Bertz CT molecular complexity index is 3330. The van der Waals surface area contributed by atoms with Gasteiger partial charge in [0.25, 0.3) is 0 Å². The number of aryl methyl sites for hydroxylation is 1. The Balaban J connectivity index is 1.01. The summed E-state index contributed by atoms with van der Waals surface area (Å²) >= 11 is 0. The van der Waals surface area contributed by atoms with Gasteiger partial charge in [0.1, 0.15) is 0 Å². The van der Waals surface area contributed by atoms with Crippen molar-refractivity contribution in [3.05, 3.63) is 230 Å². The van der Waals surface area contributed by atoms with Crippen LogP contribution in [-0.4, -0.2) is 4.57 Å². The van der Waals surface area contributed by atoms with Gasteiger partial charge in [-0.1, -0.05) is 177 Å². The van der Waals surface area contributed by atoms with Crippen LogP contribution in [0.3, 0.4) is 0 Å². The van der Waals surface area contributed by atoms with Crippen LogP contribution in [0.2, 0.25) is 0 Å². The second-order valence-electron chi connectivity index (χ2n) is 16.4. The van der Waals surface area contributed by atoms with Crippen LogP contribution in [0.4, 0.5) is 17.1 Å². The highest BCUT2D eigenvalue weighted by atomic mass is 15.1. The van der Waals surface area contributed by atoms with Gasteiger partial charge >= 0.3 is 0 Å². The molecule has 0 amide bonds. The summed E-state index contributed by atoms with van der Waals surface area (Å²) in [6.45, 7) is 2.25. The maximum atomic E-state index is 2.42. The molecule has 11 rings (SSSR count). The predicted molar refractivity (Wildman–Crippen MR) is 265 cm³/mol. The van der Waals surface area contributed by atoms with E-state index in [1.54, 1.807) is 0 Å². The van der Waals surface area contributed by atoms with Gasteiger partial charge in [0.2, 0.25) is 0 Å². The van der Waals surface area contributed by atoms with E-state index in [0.29, 0.717) is 0 Å². The molecule has 1 aromatic heterocycles. The third-order valence-electron chi connectivity index (χ3n) is 12.6. The Hall–Kier alpha value is -7.68. The lowest BCUT2D eigenvalue weighted by atomic mass is 9.97. The van der Waals surface area contributed by atoms with Gasteiger partial charge in [-0.25, -0.2) is 0 Å². The minimum atomic E-state index is 1.09. The van der Waals surface area contributed by atoms with Crippen LogP contribution in [-0.2, 0) is 6.42 Å². The van der Waals surface area contributed by atoms with E-state index in [1.807, 2.05) is 0 Å². The van der Waals surface area contributed by atoms with Crippen LogP contribution < -0.4 is 4.90 Å². The summed E-state index contributed by atoms with van der Waals surface area (Å²) in [6, 6.07) is 82.5. The first-order chi connectivity index (χ1) is 30.7. The minimum absolute atomic E-state index is 1.09. The average molecular weight is 795 g/mol. The Kier molecular flexibility index (Phi) is 9.67. The van der Waals surface area contributed by atoms with E-state index >= 15 is 0 Å². The van der Waals surface area contributed by atoms with E-state index in [2.05, 4.69) is 241 Å². The molecule has 62 heavy (non-hydrogen) atoms. The fraction of sp³-hybridized carbons (Fsp3) is 0.0667. The van der Waals surface area contributed by atoms with Crippen molar-refractivity contribution in [2.75, 3.05) is 4.90 Å². The highest BCUT2D eigenvalue weighted by Crippen LogP contribution is 2.42. The first-order valence-electron chi connectivity index (χ1n) is 21.9. The number of aromatic nitrogens is 1. The summed E-state index contributed by atoms with van der Waals surface area (Å²) in [5.41, 5.74) is 15.6. The van der Waals surface area contributed by atoms with Gasteiger partial charge in [0, 0.05) is 33.4 Å². The number of unbranched alkanes of at least 4 members (excludes halogenated alkanes) is 1. The van der Waals surface area contributed by atoms with Crippen molar-refractivity contribution in [3.63, 3.8) is 0 Å². The Labute approximate surface area is 363 Å². The van der Waals surface area contributed by atoms with E-state index in [9.17, 15) is 0 Å². The van der Waals surface area contributed by atoms with Crippen LogP contribution >= 0.6 is 0 Å². The van der Waals surface area contributed by atoms with Crippen molar-refractivity contribution in [1.82, 2.24) is 4.57 Å². The molecule has 0 fully saturated rings. The van der Waals surface area contributed by atoms with Gasteiger partial charge in [0.05, 0.1) is 16.7 Å². The Morgan fingerprint density at radius 2 is 0.952 bits per heavy atom. The zero-order chi connectivity index (χ0) is 41.4. The van der Waals surface area contributed by atoms with Crippen LogP contribution in [0, 0.1) is 0 Å². The smallest absolute Gasteiger partial charge is 0.0541 e. The molecule has 0 atom stereocenters. The summed E-state index contributed by atoms with van der Waals surface area (Å²) < 4.78 is 2.42. The Morgan fingerprint density at radius 1 is 0.371 bits per heavy atom. The first kappa shape index (κ1) is 37.3. The standard InChI is InChI=1S/C60H46N2/c1-2-3-14-42-27-29-43(30-28-42)46-31-32-48-40-52(38-35-47(48)39-46)61(51-18-12-17-49(41-51)54-23-13-16-44-15-4-5-19-53(44)54)50-36-33-45(34-37-50)55-20-6-9-24-58(55)62-59-25-10-7-21-56(59)57-22-8-11-26-60(57)62/h4-13,15-41H,2-3,14H2,1H3. The number of para-hydroxylation sites is 3. The molecule has 11 aromatic rings. The Morgan fingerprint density at radius 3 is 1.74 bits per heavy atom. The molecular formula is C60H46N2. The van der Waals surface area contributed by atoms with Gasteiger partial charge in [-0.2, -0.15) is 0 Å². The van der Waals surface area contributed by atoms with E-state index in [-0.39, 0.29) is 0 Å². The number of hydrogen-bond donors (Lipinski definition) is 0. The maximum Gasteiger partial charge on any atom is 0.0541 e. The van der Waals surface area contributed by atoms with Crippen LogP contribution in [0.25, 0.3) is 82.4 Å². The summed E-state index contributed by atoms with van der Waals surface area (Å²) in [5, 5.41) is 7.45. The average Bonchev–Trinajstić information content (AvgIpc) is 3.68. The van der Waals surface area contributed by atoms with Crippen molar-refractivity contribution in [3.8, 4) is 39.1 Å². The lowest BCUT2D eigenvalue weighted by Crippen LogP contribution is -2.10. The fourth-order valence-corrected chi connectivity index (χ4v) is 9.42. The summed E-state index contributed by atoms with van der Waals surface area (Å²) in [4.78, 5) is 2.40. The highest BCUT2D eigenvalue weighted by molar-refractivity contribution is 6.10. The molecule has 0 radical (unpaired) electrons. The van der Waals surface area contributed by atoms with E-state index in [0.717, 1.165) is 23.5 Å². The number of hydrogen-bond acceptors (Lipinski definition) is 1. The number of anilines is 3. The molecule has 0 saturated heterocycles. The minimum Gasteiger partial charge on any atom is -0.310 e. The molecule has 0 aliphatic rings. The molecule has 296 valence electrons. The lowest BCUT2D eigenvalue weighted by Gasteiger charge is -2.27. The molecule has 0 saturated carbocycles. The second-order valence-corrected chi connectivity index (χ2v) is 16.4. The number of rotatable bonds is 10. The molecule has 1 heterocycles. The van der Waals surface area contributed by atoms with Crippen molar-refractivity contribution < 1.29 is 0 Å². The molecule has 0 aliphatic heterocycles. The van der Waals surface area contributed by atoms with Gasteiger partial charge in [-0.05, 0) is 128 Å². The molecule has 0 unspecified atom stereocenters. The van der Waals surface area contributed by atoms with Gasteiger partial charge < -0.3 is 9.47 Å². The first-order valence-corrected chi connectivity index (χ1v) is 21.9. The zero-order valence-corrected chi connectivity index (χ0v) is 34.9. The predicted octanol–water partition coefficient (Wildman–Crippen LogP) is 16.9. The summed E-state index contributed by atoms with van der Waals surface area (Å²) in [7, 11) is 0. The molecular weight excluding hydrogens is 749 g/mol. The van der Waals surface area contributed by atoms with Gasteiger partial charge in [-0.15, -0.1) is 0 Å². The van der Waals surface area contributed by atoms with Crippen molar-refractivity contribution >= 4 is 60.4 Å². The van der Waals surface area contributed by atoms with Crippen molar-refractivity contribution in [2.24, 2.45) is 0 Å². The van der Waals surface area contributed by atoms with E-state index in [4.69, 9.17) is 0 Å². The quantitative estimate of drug-likeness (QED) is 0.134. The monoisotopic (exact) mass is 794 g/mol. The SMILES string of the molecule is CCCCc1ccc(-c2ccc3cc(N(c4ccc(-c5ccccc5-n5c6ccccc6c6ccccc65)cc4)c4cccc(-c5cccc6ccccc56)c4)ccc3c2)cc1. The maximum absolute atomic E-state index is 2.42. The number of fused-ring (bicyclic) bond motifs is 5. The van der Waals surface area contributed by atoms with Crippen molar-refractivity contribution in [1.29, 1.82) is 0 Å². The highest BCUT2D eigenvalue weighted by Gasteiger charge is 2.18. The largest absolute Gasteiger partial charge is 0.310 e. The van der Waals surface area contributed by atoms with Gasteiger partial charge in [0.15, 0.2) is 0 Å². The molecule has 2 nitrogen and oxygen atoms in total. The molecule has 0 bridgehead atoms. The molecule has 0 spiro atoms. The third kappa shape index (κ3) is 6.80. The number of benzene rings is 10. The lowest BCUT2D eigenvalue weighted by molar-refractivity contribution is 0.795. The number of nitrogens with zero attached hydrogens (tertiary/aromatic N) is 2. The molecule has 0 N–H and O–H groups in total. The summed E-state index contributed by atoms with van der Waals surface area (Å²) in [6.07, 6.45) is 3.58. The van der Waals surface area contributed by atoms with Crippen LogP contribution in [0.5, 0.6) is 0 Å². The van der Waals surface area contributed by atoms with Crippen LogP contribution in [0.1, 0.15) is 25.3 Å². The fourth-order valence-electron chi connectivity index (χ4n) is 9.42. The van der Waals surface area contributed by atoms with E-state index in [1.165, 1.54) is 101 Å². The van der Waals surface area contributed by atoms with Gasteiger partial charge in [-0.3, -0.25) is 0 Å². The zero-order valence-electron chi connectivity index (χ0n) is 34.9. The second kappa shape index (κ2) is 16.1. The van der Waals surface area contributed by atoms with Crippen molar-refractivity contribution in [2.45, 2.75) is 26.2 Å². The van der Waals surface area contributed by atoms with Crippen LogP contribution in [0.15, 0.2) is 224 Å². The topological polar surface area (TPSA) is 8.17 Å². The molecule has 10 aromatic carbocycles. The summed E-state index contributed by atoms with van der Waals surface area (Å²) in [5.74, 6) is 0. The molecule has 0 aliphatic carbocycles. The van der Waals surface area contributed by atoms with E-state index < -0.39 is 0 Å². The normalized spacial score (nSPS) is 11.5. The molecule has 2 heteroatoms. The third-order valence-corrected chi connectivity index (χ3v) is 12.6.